The fourth-order valence-electron chi connectivity index (χ4n) is 5.14. The first-order valence-electron chi connectivity index (χ1n) is 9.31. The van der Waals surface area contributed by atoms with E-state index in [0.717, 1.165) is 45.2 Å². The number of benzene rings is 1. The van der Waals surface area contributed by atoms with Gasteiger partial charge in [-0.2, -0.15) is 0 Å². The summed E-state index contributed by atoms with van der Waals surface area (Å²) in [6.07, 6.45) is 6.78. The molecule has 3 nitrogen and oxygen atoms in total. The second kappa shape index (κ2) is 6.27. The van der Waals surface area contributed by atoms with Gasteiger partial charge < -0.3 is 10.6 Å². The van der Waals surface area contributed by atoms with Crippen LogP contribution in [0.25, 0.3) is 0 Å². The fraction of sp³-hybridized carbons (Fsp3) is 0.650. The van der Waals surface area contributed by atoms with Crippen molar-refractivity contribution in [2.45, 2.75) is 50.5 Å². The first-order chi connectivity index (χ1) is 11.2. The molecule has 0 spiro atoms. The molecule has 1 heterocycles. The van der Waals surface area contributed by atoms with Crippen molar-refractivity contribution in [1.82, 2.24) is 4.90 Å². The summed E-state index contributed by atoms with van der Waals surface area (Å²) in [5.74, 6) is 2.56. The van der Waals surface area contributed by atoms with E-state index in [1.165, 1.54) is 12.0 Å². The Kier molecular flexibility index (Phi) is 4.14. The molecule has 1 aromatic rings. The van der Waals surface area contributed by atoms with Gasteiger partial charge >= 0.3 is 0 Å². The lowest BCUT2D eigenvalue weighted by atomic mass is 9.78. The molecule has 0 bridgehead atoms. The monoisotopic (exact) mass is 312 g/mol. The molecule has 0 aromatic heterocycles. The van der Waals surface area contributed by atoms with E-state index in [9.17, 15) is 4.79 Å². The lowest BCUT2D eigenvalue weighted by Gasteiger charge is -2.31. The fourth-order valence-corrected chi connectivity index (χ4v) is 5.14. The third-order valence-corrected chi connectivity index (χ3v) is 6.57. The molecule has 3 unspecified atom stereocenters. The molecule has 0 radical (unpaired) electrons. The van der Waals surface area contributed by atoms with Crippen molar-refractivity contribution in [1.29, 1.82) is 0 Å². The van der Waals surface area contributed by atoms with Gasteiger partial charge in [0.2, 0.25) is 5.91 Å². The number of fused-ring (bicyclic) bond motifs is 1. The molecule has 23 heavy (non-hydrogen) atoms. The van der Waals surface area contributed by atoms with Crippen LogP contribution in [0.15, 0.2) is 30.3 Å². The summed E-state index contributed by atoms with van der Waals surface area (Å²) in [5.41, 5.74) is 7.65. The van der Waals surface area contributed by atoms with E-state index in [0.29, 0.717) is 29.7 Å². The Bertz CT molecular complexity index is 550. The van der Waals surface area contributed by atoms with E-state index >= 15 is 0 Å². The molecule has 1 amide bonds. The smallest absolute Gasteiger partial charge is 0.225 e. The first-order valence-corrected chi connectivity index (χ1v) is 9.31. The number of nitrogens with zero attached hydrogens (tertiary/aromatic N) is 1. The van der Waals surface area contributed by atoms with E-state index in [4.69, 9.17) is 5.73 Å². The Morgan fingerprint density at radius 3 is 2.39 bits per heavy atom. The molecule has 4 rings (SSSR count). The highest BCUT2D eigenvalue weighted by atomic mass is 16.2. The Morgan fingerprint density at radius 2 is 1.70 bits per heavy atom. The first kappa shape index (κ1) is 15.2. The molecule has 2 saturated carbocycles. The summed E-state index contributed by atoms with van der Waals surface area (Å²) in [5, 5.41) is 0. The summed E-state index contributed by atoms with van der Waals surface area (Å²) < 4.78 is 0. The number of amides is 1. The number of hydrogen-bond acceptors (Lipinski definition) is 2. The standard InChI is InChI=1S/C20H28N2O/c21-19-11-10-17-12-22(13-18(17)19)20(23)16-8-6-15(7-9-16)14-4-2-1-3-5-14/h1-5,15-19H,6-13,21H2. The molecule has 3 atom stereocenters. The summed E-state index contributed by atoms with van der Waals surface area (Å²) in [6, 6.07) is 11.1. The maximum absolute atomic E-state index is 12.9. The van der Waals surface area contributed by atoms with Gasteiger partial charge in [0.1, 0.15) is 0 Å². The van der Waals surface area contributed by atoms with Crippen LogP contribution in [-0.4, -0.2) is 29.9 Å². The van der Waals surface area contributed by atoms with Crippen LogP contribution in [0, 0.1) is 17.8 Å². The molecule has 1 aliphatic heterocycles. The maximum Gasteiger partial charge on any atom is 0.225 e. The zero-order valence-electron chi connectivity index (χ0n) is 13.9. The SMILES string of the molecule is NC1CCC2CN(C(=O)C3CCC(c4ccccc4)CC3)CC12. The van der Waals surface area contributed by atoms with Crippen molar-refractivity contribution in [3.63, 3.8) is 0 Å². The topological polar surface area (TPSA) is 46.3 Å². The van der Waals surface area contributed by atoms with Crippen molar-refractivity contribution in [2.24, 2.45) is 23.5 Å². The third-order valence-electron chi connectivity index (χ3n) is 6.57. The molecule has 3 aliphatic rings. The highest BCUT2D eigenvalue weighted by Gasteiger charge is 2.43. The molecule has 3 heteroatoms. The van der Waals surface area contributed by atoms with Crippen LogP contribution >= 0.6 is 0 Å². The van der Waals surface area contributed by atoms with E-state index in [2.05, 4.69) is 35.2 Å². The largest absolute Gasteiger partial charge is 0.342 e. The van der Waals surface area contributed by atoms with E-state index < -0.39 is 0 Å². The second-order valence-electron chi connectivity index (χ2n) is 7.87. The van der Waals surface area contributed by atoms with Crippen molar-refractivity contribution < 1.29 is 4.79 Å². The number of nitrogens with two attached hydrogens (primary N) is 1. The Hall–Kier alpha value is -1.35. The van der Waals surface area contributed by atoms with Crippen molar-refractivity contribution in [2.75, 3.05) is 13.1 Å². The molecular formula is C20H28N2O. The average Bonchev–Trinajstić information content (AvgIpc) is 3.18. The second-order valence-corrected chi connectivity index (χ2v) is 7.87. The van der Waals surface area contributed by atoms with Crippen LogP contribution < -0.4 is 5.73 Å². The van der Waals surface area contributed by atoms with Crippen molar-refractivity contribution in [3.05, 3.63) is 35.9 Å². The number of carbonyl (C=O) groups excluding carboxylic acids is 1. The van der Waals surface area contributed by atoms with Crippen molar-refractivity contribution in [3.8, 4) is 0 Å². The van der Waals surface area contributed by atoms with Crippen LogP contribution in [0.1, 0.15) is 50.0 Å². The summed E-state index contributed by atoms with van der Waals surface area (Å²) in [4.78, 5) is 15.0. The zero-order chi connectivity index (χ0) is 15.8. The quantitative estimate of drug-likeness (QED) is 0.912. The van der Waals surface area contributed by atoms with Gasteiger partial charge in [-0.15, -0.1) is 0 Å². The summed E-state index contributed by atoms with van der Waals surface area (Å²) in [7, 11) is 0. The summed E-state index contributed by atoms with van der Waals surface area (Å²) in [6.45, 7) is 1.89. The molecule has 1 aromatic carbocycles. The Labute approximate surface area is 139 Å². The van der Waals surface area contributed by atoms with Crippen LogP contribution in [0.5, 0.6) is 0 Å². The third kappa shape index (κ3) is 2.91. The number of carbonyl (C=O) groups is 1. The molecule has 2 aliphatic carbocycles. The van der Waals surface area contributed by atoms with Crippen LogP contribution in [0.4, 0.5) is 0 Å². The highest BCUT2D eigenvalue weighted by Crippen LogP contribution is 2.40. The van der Waals surface area contributed by atoms with E-state index in [-0.39, 0.29) is 5.92 Å². The zero-order valence-corrected chi connectivity index (χ0v) is 13.9. The Balaban J connectivity index is 1.33. The van der Waals surface area contributed by atoms with Gasteiger partial charge in [-0.3, -0.25) is 4.79 Å². The lowest BCUT2D eigenvalue weighted by Crippen LogP contribution is -2.38. The van der Waals surface area contributed by atoms with Gasteiger partial charge in [0.05, 0.1) is 0 Å². The minimum absolute atomic E-state index is 0.255. The van der Waals surface area contributed by atoms with Gasteiger partial charge in [-0.25, -0.2) is 0 Å². The van der Waals surface area contributed by atoms with Crippen LogP contribution in [0.2, 0.25) is 0 Å². The molecule has 124 valence electrons. The van der Waals surface area contributed by atoms with Crippen LogP contribution in [-0.2, 0) is 4.79 Å². The number of hydrogen-bond donors (Lipinski definition) is 1. The van der Waals surface area contributed by atoms with Crippen molar-refractivity contribution >= 4 is 5.91 Å². The lowest BCUT2D eigenvalue weighted by molar-refractivity contribution is -0.135. The van der Waals surface area contributed by atoms with E-state index in [1.54, 1.807) is 0 Å². The minimum Gasteiger partial charge on any atom is -0.342 e. The predicted octanol–water partition coefficient (Wildman–Crippen LogP) is 3.16. The normalized spacial score (nSPS) is 36.9. The maximum atomic E-state index is 12.9. The minimum atomic E-state index is 0.255. The predicted molar refractivity (Wildman–Crippen MR) is 91.9 cm³/mol. The number of likely N-dealkylation sites (tertiary alicyclic amines) is 1. The van der Waals surface area contributed by atoms with Gasteiger partial charge in [-0.05, 0) is 61.8 Å². The van der Waals surface area contributed by atoms with Gasteiger partial charge in [0.25, 0.3) is 0 Å². The number of rotatable bonds is 2. The molecule has 1 saturated heterocycles. The van der Waals surface area contributed by atoms with Gasteiger partial charge in [-0.1, -0.05) is 30.3 Å². The van der Waals surface area contributed by atoms with Crippen LogP contribution in [0.3, 0.4) is 0 Å². The van der Waals surface area contributed by atoms with E-state index in [1.807, 2.05) is 0 Å². The van der Waals surface area contributed by atoms with Gasteiger partial charge in [0, 0.05) is 25.0 Å². The van der Waals surface area contributed by atoms with Gasteiger partial charge in [0.15, 0.2) is 0 Å². The highest BCUT2D eigenvalue weighted by molar-refractivity contribution is 5.79. The Morgan fingerprint density at radius 1 is 0.957 bits per heavy atom. The molecule has 2 N–H and O–H groups in total. The summed E-state index contributed by atoms with van der Waals surface area (Å²) >= 11 is 0. The average molecular weight is 312 g/mol. The molecule has 3 fully saturated rings. The molecular weight excluding hydrogens is 284 g/mol.